The number of nitrogens with zero attached hydrogens (tertiary/aromatic N) is 4. The van der Waals surface area contributed by atoms with Crippen molar-refractivity contribution in [3.05, 3.63) is 59.6 Å². The van der Waals surface area contributed by atoms with Crippen molar-refractivity contribution in [2.75, 3.05) is 6.54 Å². The number of aromatic nitrogens is 4. The summed E-state index contributed by atoms with van der Waals surface area (Å²) in [6, 6.07) is 15.1. The second-order valence-electron chi connectivity index (χ2n) is 8.38. The van der Waals surface area contributed by atoms with Crippen molar-refractivity contribution in [3.8, 4) is 17.1 Å². The predicted octanol–water partition coefficient (Wildman–Crippen LogP) is 3.66. The van der Waals surface area contributed by atoms with E-state index >= 15 is 0 Å². The second-order valence-corrected chi connectivity index (χ2v) is 8.74. The molecule has 29 heavy (non-hydrogen) atoms. The molecule has 2 fully saturated rings. The van der Waals surface area contributed by atoms with Crippen molar-refractivity contribution in [2.45, 2.75) is 51.2 Å². The molecule has 3 heterocycles. The summed E-state index contributed by atoms with van der Waals surface area (Å²) in [4.78, 5) is 5.96. The smallest absolute Gasteiger partial charge is 0.207 e. The summed E-state index contributed by atoms with van der Waals surface area (Å²) in [5.41, 5.74) is 2.04. The highest BCUT2D eigenvalue weighted by Gasteiger charge is 2.37. The predicted molar refractivity (Wildman–Crippen MR) is 116 cm³/mol. The van der Waals surface area contributed by atoms with E-state index in [0.717, 1.165) is 40.5 Å². The van der Waals surface area contributed by atoms with Gasteiger partial charge in [-0.2, -0.15) is 4.68 Å². The summed E-state index contributed by atoms with van der Waals surface area (Å²) in [5.74, 6) is 1.75. The number of piperidine rings is 1. The van der Waals surface area contributed by atoms with E-state index in [1.807, 2.05) is 30.5 Å². The number of hydrogen-bond acceptors (Lipinski definition) is 3. The summed E-state index contributed by atoms with van der Waals surface area (Å²) in [6.45, 7) is 2.08. The molecule has 1 N–H and O–H groups in total. The fraction of sp³-hybridized carbons (Fsp3) is 0.435. The molecule has 2 aliphatic rings. The third kappa shape index (κ3) is 3.67. The van der Waals surface area contributed by atoms with Crippen LogP contribution in [-0.2, 0) is 6.67 Å². The normalized spacial score (nSPS) is 24.2. The molecule has 150 valence electrons. The van der Waals surface area contributed by atoms with Crippen molar-refractivity contribution >= 4 is 12.2 Å². The van der Waals surface area contributed by atoms with Crippen molar-refractivity contribution in [3.63, 3.8) is 0 Å². The lowest BCUT2D eigenvalue weighted by atomic mass is 9.78. The Labute approximate surface area is 177 Å². The maximum atomic E-state index is 5.94. The van der Waals surface area contributed by atoms with E-state index < -0.39 is 0 Å². The van der Waals surface area contributed by atoms with Crippen LogP contribution in [0.5, 0.6) is 0 Å². The molecule has 0 radical (unpaired) electrons. The van der Waals surface area contributed by atoms with E-state index in [1.54, 1.807) is 11.1 Å². The molecule has 1 aromatic carbocycles. The lowest BCUT2D eigenvalue weighted by Crippen LogP contribution is -3.17. The fourth-order valence-electron chi connectivity index (χ4n) is 5.26. The van der Waals surface area contributed by atoms with Gasteiger partial charge in [0.15, 0.2) is 12.5 Å². The lowest BCUT2D eigenvalue weighted by Gasteiger charge is -2.40. The van der Waals surface area contributed by atoms with E-state index in [1.165, 1.54) is 45.1 Å². The molecular formula is C23H28N5S+. The monoisotopic (exact) mass is 406 g/mol. The minimum atomic E-state index is 0.764. The van der Waals surface area contributed by atoms with E-state index in [4.69, 9.17) is 17.3 Å². The number of nitrogens with one attached hydrogen (secondary N) is 1. The third-order valence-corrected chi connectivity index (χ3v) is 7.03. The second kappa shape index (κ2) is 8.20. The molecule has 0 amide bonds. The molecule has 0 bridgehead atoms. The fourth-order valence-corrected chi connectivity index (χ4v) is 5.56. The van der Waals surface area contributed by atoms with Gasteiger partial charge in [0.25, 0.3) is 0 Å². The molecule has 1 saturated carbocycles. The van der Waals surface area contributed by atoms with Crippen molar-refractivity contribution in [1.29, 1.82) is 0 Å². The van der Waals surface area contributed by atoms with Crippen LogP contribution >= 0.6 is 12.2 Å². The number of quaternary nitrogens is 1. The minimum Gasteiger partial charge on any atom is -0.314 e. The van der Waals surface area contributed by atoms with Gasteiger partial charge in [-0.25, -0.2) is 0 Å². The summed E-state index contributed by atoms with van der Waals surface area (Å²) in [7, 11) is 0. The standard InChI is InChI=1S/C23H27N5S/c29-23-27(17-26-15-7-10-18-8-4-5-13-21(18)26)25-22(19-9-6-14-24-16-19)28(23)20-11-2-1-3-12-20/h1-3,6,9,11-12,14,16,18,21H,4-5,7-8,10,13,15,17H2/p+1/t18-,21+/m1/s1. The van der Waals surface area contributed by atoms with Gasteiger partial charge in [0.05, 0.1) is 12.6 Å². The SMILES string of the molecule is S=c1n(C[NH+]2CCC[C@H]3CCCC[C@@H]32)nc(-c2cccnc2)n1-c1ccccc1. The first-order chi connectivity index (χ1) is 14.3. The van der Waals surface area contributed by atoms with Crippen molar-refractivity contribution in [1.82, 2.24) is 19.3 Å². The first-order valence-corrected chi connectivity index (χ1v) is 11.2. The van der Waals surface area contributed by atoms with Crippen LogP contribution in [-0.4, -0.2) is 31.9 Å². The maximum Gasteiger partial charge on any atom is 0.207 e. The number of pyridine rings is 1. The van der Waals surface area contributed by atoms with Crippen molar-refractivity contribution < 1.29 is 4.90 Å². The molecule has 1 aliphatic carbocycles. The number of benzene rings is 1. The van der Waals surface area contributed by atoms with E-state index in [2.05, 4.69) is 32.4 Å². The summed E-state index contributed by atoms with van der Waals surface area (Å²) >= 11 is 5.94. The molecule has 5 rings (SSSR count). The molecule has 2 aromatic heterocycles. The van der Waals surface area contributed by atoms with Gasteiger partial charge in [0, 0.05) is 29.6 Å². The molecule has 3 atom stereocenters. The van der Waals surface area contributed by atoms with Gasteiger partial charge in [0.1, 0.15) is 0 Å². The highest BCUT2D eigenvalue weighted by Crippen LogP contribution is 2.28. The average Bonchev–Trinajstić information content (AvgIpc) is 3.11. The van der Waals surface area contributed by atoms with Gasteiger partial charge >= 0.3 is 0 Å². The zero-order valence-electron chi connectivity index (χ0n) is 16.7. The van der Waals surface area contributed by atoms with Gasteiger partial charge in [-0.3, -0.25) is 9.55 Å². The van der Waals surface area contributed by atoms with Crippen molar-refractivity contribution in [2.24, 2.45) is 5.92 Å². The number of rotatable bonds is 4. The first-order valence-electron chi connectivity index (χ1n) is 10.8. The maximum absolute atomic E-state index is 5.94. The summed E-state index contributed by atoms with van der Waals surface area (Å²) in [5, 5.41) is 5.00. The Morgan fingerprint density at radius 3 is 2.66 bits per heavy atom. The van der Waals surface area contributed by atoms with E-state index in [9.17, 15) is 0 Å². The van der Waals surface area contributed by atoms with Gasteiger partial charge in [0.2, 0.25) is 4.77 Å². The van der Waals surface area contributed by atoms with Crippen LogP contribution in [0.2, 0.25) is 0 Å². The molecule has 6 heteroatoms. The average molecular weight is 407 g/mol. The Morgan fingerprint density at radius 2 is 1.83 bits per heavy atom. The number of likely N-dealkylation sites (tertiary alicyclic amines) is 1. The van der Waals surface area contributed by atoms with Gasteiger partial charge in [-0.1, -0.05) is 24.6 Å². The quantitative estimate of drug-likeness (QED) is 0.672. The molecule has 0 spiro atoms. The largest absolute Gasteiger partial charge is 0.314 e. The van der Waals surface area contributed by atoms with E-state index in [-0.39, 0.29) is 0 Å². The van der Waals surface area contributed by atoms with Crippen LogP contribution in [0.3, 0.4) is 0 Å². The number of fused-ring (bicyclic) bond motifs is 1. The Kier molecular flexibility index (Phi) is 5.29. The molecule has 1 saturated heterocycles. The van der Waals surface area contributed by atoms with Crippen LogP contribution < -0.4 is 4.90 Å². The van der Waals surface area contributed by atoms with Crippen LogP contribution in [0.4, 0.5) is 0 Å². The minimum absolute atomic E-state index is 0.764. The molecule has 1 unspecified atom stereocenters. The Balaban J connectivity index is 1.54. The Morgan fingerprint density at radius 1 is 1.00 bits per heavy atom. The van der Waals surface area contributed by atoms with Gasteiger partial charge in [-0.15, -0.1) is 5.10 Å². The highest BCUT2D eigenvalue weighted by atomic mass is 32.1. The van der Waals surface area contributed by atoms with Gasteiger partial charge in [-0.05, 0) is 68.6 Å². The number of para-hydroxylation sites is 1. The molecular weight excluding hydrogens is 378 g/mol. The molecule has 5 nitrogen and oxygen atoms in total. The van der Waals surface area contributed by atoms with Crippen LogP contribution in [0, 0.1) is 10.7 Å². The van der Waals surface area contributed by atoms with Crippen LogP contribution in [0.15, 0.2) is 54.9 Å². The number of hydrogen-bond donors (Lipinski definition) is 1. The highest BCUT2D eigenvalue weighted by molar-refractivity contribution is 7.71. The van der Waals surface area contributed by atoms with Gasteiger partial charge < -0.3 is 4.90 Å². The summed E-state index contributed by atoms with van der Waals surface area (Å²) < 4.78 is 4.91. The lowest BCUT2D eigenvalue weighted by molar-refractivity contribution is -0.958. The topological polar surface area (TPSA) is 40.1 Å². The molecule has 1 aliphatic heterocycles. The summed E-state index contributed by atoms with van der Waals surface area (Å²) in [6.07, 6.45) is 11.9. The van der Waals surface area contributed by atoms with Crippen LogP contribution in [0.25, 0.3) is 17.1 Å². The zero-order chi connectivity index (χ0) is 19.6. The van der Waals surface area contributed by atoms with Crippen LogP contribution in [0.1, 0.15) is 38.5 Å². The Bertz CT molecular complexity index is 1010. The molecule has 3 aromatic rings. The zero-order valence-corrected chi connectivity index (χ0v) is 17.5. The van der Waals surface area contributed by atoms with E-state index in [0.29, 0.717) is 0 Å². The third-order valence-electron chi connectivity index (χ3n) is 6.63. The first kappa shape index (κ1) is 18.7. The Hall–Kier alpha value is -2.31.